The van der Waals surface area contributed by atoms with Crippen molar-refractivity contribution in [1.29, 1.82) is 5.26 Å². The second-order valence-electron chi connectivity index (χ2n) is 9.08. The highest BCUT2D eigenvalue weighted by molar-refractivity contribution is 7.89. The fourth-order valence-corrected chi connectivity index (χ4v) is 6.54. The van der Waals surface area contributed by atoms with Crippen LogP contribution in [0.15, 0.2) is 17.2 Å². The molecule has 0 aromatic carbocycles. The van der Waals surface area contributed by atoms with Crippen LogP contribution < -0.4 is 10.6 Å². The number of hydrogen-bond donors (Lipinski definition) is 3. The van der Waals surface area contributed by atoms with Crippen LogP contribution in [0.3, 0.4) is 0 Å². The van der Waals surface area contributed by atoms with Gasteiger partial charge < -0.3 is 10.6 Å². The number of fused-ring (bicyclic) bond motifs is 2. The molecule has 3 aliphatic heterocycles. The lowest BCUT2D eigenvalue weighted by atomic mass is 9.97. The Balaban J connectivity index is 1.38. The molecular weight excluding hydrogens is 442 g/mol. The molecule has 5 rings (SSSR count). The van der Waals surface area contributed by atoms with Gasteiger partial charge in [0.1, 0.15) is 5.82 Å². The predicted octanol–water partition coefficient (Wildman–Crippen LogP) is 1.97. The molecule has 0 aliphatic carbocycles. The third-order valence-corrected chi connectivity index (χ3v) is 8.57. The van der Waals surface area contributed by atoms with Gasteiger partial charge in [-0.05, 0) is 39.0 Å². The van der Waals surface area contributed by atoms with Crippen LogP contribution in [0.5, 0.6) is 0 Å². The topological polar surface area (TPSA) is 143 Å². The summed E-state index contributed by atoms with van der Waals surface area (Å²) in [5, 5.41) is 22.5. The van der Waals surface area contributed by atoms with Gasteiger partial charge in [0.2, 0.25) is 5.95 Å². The van der Waals surface area contributed by atoms with Crippen molar-refractivity contribution in [2.45, 2.75) is 68.6 Å². The Labute approximate surface area is 193 Å². The highest BCUT2D eigenvalue weighted by Gasteiger charge is 2.40. The van der Waals surface area contributed by atoms with Crippen LogP contribution in [0.2, 0.25) is 0 Å². The number of aromatic nitrogens is 4. The summed E-state index contributed by atoms with van der Waals surface area (Å²) in [6.45, 7) is 3.74. The Morgan fingerprint density at radius 2 is 1.94 bits per heavy atom. The Morgan fingerprint density at radius 3 is 2.55 bits per heavy atom. The lowest BCUT2D eigenvalue weighted by Gasteiger charge is -2.38. The van der Waals surface area contributed by atoms with E-state index in [0.29, 0.717) is 49.2 Å². The number of nitrogens with zero attached hydrogens (tertiary/aromatic N) is 6. The SMILES string of the molecule is Cc1cc(Nc2cc(S(=O)(=O)N3CCC3)nc(N[C@@H]3C[C@H]4CC[C@@H](C3)N4CCC#N)n2)n[nH]1. The van der Waals surface area contributed by atoms with Crippen LogP contribution in [-0.4, -0.2) is 75.5 Å². The van der Waals surface area contributed by atoms with E-state index in [0.717, 1.165) is 44.3 Å². The molecule has 0 amide bonds. The van der Waals surface area contributed by atoms with Gasteiger partial charge in [-0.3, -0.25) is 10.00 Å². The summed E-state index contributed by atoms with van der Waals surface area (Å²) in [6, 6.07) is 6.58. The van der Waals surface area contributed by atoms with Gasteiger partial charge in [0.25, 0.3) is 10.0 Å². The van der Waals surface area contributed by atoms with Gasteiger partial charge in [0.05, 0.1) is 6.07 Å². The number of rotatable bonds is 8. The molecule has 2 aromatic heterocycles. The third-order valence-electron chi connectivity index (χ3n) is 6.78. The van der Waals surface area contributed by atoms with E-state index in [-0.39, 0.29) is 11.1 Å². The maximum absolute atomic E-state index is 13.1. The molecular formula is C21H29N9O2S. The third kappa shape index (κ3) is 4.53. The van der Waals surface area contributed by atoms with Gasteiger partial charge >= 0.3 is 0 Å². The van der Waals surface area contributed by atoms with E-state index in [1.807, 2.05) is 13.0 Å². The average Bonchev–Trinajstić information content (AvgIpc) is 3.23. The predicted molar refractivity (Wildman–Crippen MR) is 122 cm³/mol. The molecule has 2 bridgehead atoms. The molecule has 5 heterocycles. The first-order chi connectivity index (χ1) is 15.9. The number of H-pyrrole nitrogens is 1. The maximum Gasteiger partial charge on any atom is 0.260 e. The van der Waals surface area contributed by atoms with E-state index in [1.165, 1.54) is 10.4 Å². The van der Waals surface area contributed by atoms with Crippen molar-refractivity contribution in [2.24, 2.45) is 0 Å². The molecule has 3 saturated heterocycles. The number of hydrogen-bond acceptors (Lipinski definition) is 9. The molecule has 0 unspecified atom stereocenters. The average molecular weight is 472 g/mol. The summed E-state index contributed by atoms with van der Waals surface area (Å²) in [7, 11) is -3.67. The molecule has 11 nitrogen and oxygen atoms in total. The summed E-state index contributed by atoms with van der Waals surface area (Å²) < 4.78 is 27.5. The summed E-state index contributed by atoms with van der Waals surface area (Å²) in [6.07, 6.45) is 5.52. The van der Waals surface area contributed by atoms with Crippen molar-refractivity contribution < 1.29 is 8.42 Å². The Morgan fingerprint density at radius 1 is 1.18 bits per heavy atom. The molecule has 176 valence electrons. The van der Waals surface area contributed by atoms with E-state index >= 15 is 0 Å². The van der Waals surface area contributed by atoms with Crippen molar-refractivity contribution in [3.8, 4) is 6.07 Å². The second kappa shape index (κ2) is 8.89. The van der Waals surface area contributed by atoms with Gasteiger partial charge in [-0.15, -0.1) is 0 Å². The van der Waals surface area contributed by atoms with Gasteiger partial charge in [-0.1, -0.05) is 0 Å². The molecule has 0 radical (unpaired) electrons. The second-order valence-corrected chi connectivity index (χ2v) is 11.0. The molecule has 3 aliphatic rings. The van der Waals surface area contributed by atoms with Gasteiger partial charge in [-0.25, -0.2) is 8.42 Å². The van der Waals surface area contributed by atoms with E-state index in [4.69, 9.17) is 5.26 Å². The van der Waals surface area contributed by atoms with Crippen molar-refractivity contribution in [2.75, 3.05) is 30.3 Å². The highest BCUT2D eigenvalue weighted by atomic mass is 32.2. The van der Waals surface area contributed by atoms with Crippen molar-refractivity contribution in [3.63, 3.8) is 0 Å². The molecule has 33 heavy (non-hydrogen) atoms. The van der Waals surface area contributed by atoms with E-state index in [9.17, 15) is 8.42 Å². The van der Waals surface area contributed by atoms with E-state index in [1.54, 1.807) is 0 Å². The lowest BCUT2D eigenvalue weighted by molar-refractivity contribution is 0.135. The standard InChI is InChI=1S/C21H29N9O2S/c1-14-10-19(28-27-14)24-18-13-20(33(31,32)29-7-3-8-29)26-21(25-18)23-15-11-16-4-5-17(12-15)30(16)9-2-6-22/h10,13,15-17H,2-5,7-9,11-12H2,1H3,(H3,23,24,25,26,27,28)/t15-,16-,17+. The minimum atomic E-state index is -3.67. The molecule has 3 atom stereocenters. The Kier molecular flexibility index (Phi) is 5.94. The van der Waals surface area contributed by atoms with Crippen LogP contribution in [0.4, 0.5) is 17.6 Å². The zero-order chi connectivity index (χ0) is 23.0. The Hall–Kier alpha value is -2.75. The summed E-state index contributed by atoms with van der Waals surface area (Å²) in [4.78, 5) is 11.4. The first-order valence-corrected chi connectivity index (χ1v) is 12.9. The first-order valence-electron chi connectivity index (χ1n) is 11.5. The number of piperidine rings is 1. The first kappa shape index (κ1) is 22.1. The number of nitrogens with one attached hydrogen (secondary N) is 3. The largest absolute Gasteiger partial charge is 0.351 e. The molecule has 3 N–H and O–H groups in total. The zero-order valence-corrected chi connectivity index (χ0v) is 19.5. The number of sulfonamides is 1. The number of anilines is 3. The lowest BCUT2D eigenvalue weighted by Crippen LogP contribution is -2.47. The normalized spacial score (nSPS) is 25.4. The van der Waals surface area contributed by atoms with E-state index < -0.39 is 10.0 Å². The fourth-order valence-electron chi connectivity index (χ4n) is 5.08. The van der Waals surface area contributed by atoms with Gasteiger partial charge in [0.15, 0.2) is 10.8 Å². The van der Waals surface area contributed by atoms with Crippen molar-refractivity contribution in [1.82, 2.24) is 29.4 Å². The minimum Gasteiger partial charge on any atom is -0.351 e. The zero-order valence-electron chi connectivity index (χ0n) is 18.7. The summed E-state index contributed by atoms with van der Waals surface area (Å²) >= 11 is 0. The van der Waals surface area contributed by atoms with Crippen LogP contribution >= 0.6 is 0 Å². The van der Waals surface area contributed by atoms with Crippen LogP contribution in [0.1, 0.15) is 44.2 Å². The van der Waals surface area contributed by atoms with Crippen LogP contribution in [0.25, 0.3) is 0 Å². The number of aryl methyl sites for hydroxylation is 1. The summed E-state index contributed by atoms with van der Waals surface area (Å²) in [5.41, 5.74) is 0.886. The quantitative estimate of drug-likeness (QED) is 0.492. The van der Waals surface area contributed by atoms with Crippen molar-refractivity contribution >= 4 is 27.6 Å². The van der Waals surface area contributed by atoms with Gasteiger partial charge in [0, 0.05) is 62.0 Å². The van der Waals surface area contributed by atoms with Crippen LogP contribution in [0, 0.1) is 18.3 Å². The monoisotopic (exact) mass is 471 g/mol. The summed E-state index contributed by atoms with van der Waals surface area (Å²) in [5.74, 6) is 1.25. The smallest absolute Gasteiger partial charge is 0.260 e. The fraction of sp³-hybridized carbons (Fsp3) is 0.619. The molecule has 0 saturated carbocycles. The maximum atomic E-state index is 13.1. The van der Waals surface area contributed by atoms with Gasteiger partial charge in [-0.2, -0.15) is 24.6 Å². The molecule has 3 fully saturated rings. The Bertz CT molecular complexity index is 1140. The highest BCUT2D eigenvalue weighted by Crippen LogP contribution is 2.37. The minimum absolute atomic E-state index is 0.0103. The number of nitriles is 1. The van der Waals surface area contributed by atoms with Crippen LogP contribution in [-0.2, 0) is 10.0 Å². The number of aromatic amines is 1. The molecule has 12 heteroatoms. The van der Waals surface area contributed by atoms with E-state index in [2.05, 4.69) is 41.8 Å². The molecule has 0 spiro atoms. The van der Waals surface area contributed by atoms with Crippen molar-refractivity contribution in [3.05, 3.63) is 17.8 Å². The molecule has 2 aromatic rings.